The van der Waals surface area contributed by atoms with Gasteiger partial charge >= 0.3 is 0 Å². The van der Waals surface area contributed by atoms with Crippen molar-refractivity contribution in [2.45, 2.75) is 293 Å². The number of halogens is 1. The van der Waals surface area contributed by atoms with Crippen LogP contribution in [0.3, 0.4) is 0 Å². The van der Waals surface area contributed by atoms with Gasteiger partial charge in [0.15, 0.2) is 6.29 Å². The number of unbranched alkanes of at least 4 members (excludes halogenated alkanes) is 28. The Bertz CT molecular complexity index is 1080. The molecule has 5 unspecified atom stereocenters. The number of rotatable bonds is 41. The summed E-state index contributed by atoms with van der Waals surface area (Å²) in [5, 5.41) is 65.3. The summed E-state index contributed by atoms with van der Waals surface area (Å²) in [6, 6.07) is -0.992. The van der Waals surface area contributed by atoms with Crippen molar-refractivity contribution in [1.82, 2.24) is 5.32 Å². The summed E-state index contributed by atoms with van der Waals surface area (Å²) in [6.45, 7) is 1.33. The van der Waals surface area contributed by atoms with Crippen LogP contribution >= 0.6 is 0 Å². The van der Waals surface area contributed by atoms with Gasteiger partial charge in [-0.05, 0) is 43.9 Å². The molecule has 0 aromatic heterocycles. The zero-order chi connectivity index (χ0) is 44.2. The lowest BCUT2D eigenvalue weighted by atomic mass is 9.41. The Kier molecular flexibility index (Phi) is 28.4. The van der Waals surface area contributed by atoms with Crippen molar-refractivity contribution in [3.63, 3.8) is 0 Å². The first kappa shape index (κ1) is 54.4. The third kappa shape index (κ3) is 21.7. The van der Waals surface area contributed by atoms with E-state index in [9.17, 15) is 39.8 Å². The van der Waals surface area contributed by atoms with Crippen molar-refractivity contribution >= 4 is 5.91 Å². The van der Waals surface area contributed by atoms with Crippen molar-refractivity contribution in [2.75, 3.05) is 13.2 Å². The number of ether oxygens (including phenoxy) is 2. The minimum atomic E-state index is -1.61. The monoisotopic (exact) mass is 872 g/mol. The van der Waals surface area contributed by atoms with Gasteiger partial charge < -0.3 is 45.4 Å². The molecule has 360 valence electrons. The van der Waals surface area contributed by atoms with E-state index in [2.05, 4.69) is 12.2 Å². The highest BCUT2D eigenvalue weighted by Crippen LogP contribution is 2.71. The molecule has 4 aliphatic rings. The standard InChI is InChI=1S/C50H94FNO9/c1-2-3-4-5-6-7-8-17-20-23-26-29-32-41(54)44(56)40(36-60-48-47(59)46(58)45(57)42(35-53)61-48)52-43(55)33-30-27-24-21-18-15-13-11-9-10-12-14-16-19-22-25-28-31-34-49-37-50(51,38-49)39-49/h40-42,44-48,53-54,56-59H,2-39H2,1H3,(H,52,55)/t40-,41+,42?,44-,45?,46?,47?,48?,49?,50?/m0/s1. The van der Waals surface area contributed by atoms with Gasteiger partial charge in [0.05, 0.1) is 25.4 Å². The Morgan fingerprint density at radius 2 is 1.07 bits per heavy atom. The van der Waals surface area contributed by atoms with E-state index < -0.39 is 61.2 Å². The Balaban J connectivity index is 1.20. The summed E-state index contributed by atoms with van der Waals surface area (Å²) < 4.78 is 24.8. The van der Waals surface area contributed by atoms with Gasteiger partial charge in [-0.1, -0.05) is 193 Å². The number of amides is 1. The van der Waals surface area contributed by atoms with Gasteiger partial charge in [-0.15, -0.1) is 0 Å². The molecule has 10 nitrogen and oxygen atoms in total. The van der Waals surface area contributed by atoms with E-state index in [-0.39, 0.29) is 18.9 Å². The molecule has 4 rings (SSSR count). The predicted molar refractivity (Wildman–Crippen MR) is 242 cm³/mol. The Morgan fingerprint density at radius 3 is 1.51 bits per heavy atom. The quantitative estimate of drug-likeness (QED) is 0.0296. The fraction of sp³-hybridized carbons (Fsp3) is 0.980. The second-order valence-electron chi connectivity index (χ2n) is 20.0. The smallest absolute Gasteiger partial charge is 0.220 e. The normalized spacial score (nSPS) is 27.3. The Labute approximate surface area is 370 Å². The van der Waals surface area contributed by atoms with Crippen LogP contribution in [0.4, 0.5) is 4.39 Å². The number of alkyl halides is 1. The number of carbonyl (C=O) groups is 1. The van der Waals surface area contributed by atoms with Gasteiger partial charge in [0, 0.05) is 6.42 Å². The van der Waals surface area contributed by atoms with Crippen LogP contribution < -0.4 is 5.32 Å². The molecular weight excluding hydrogens is 778 g/mol. The first-order valence-electron chi connectivity index (χ1n) is 25.8. The maximum atomic E-state index is 13.6. The average Bonchev–Trinajstić information content (AvgIpc) is 3.23. The highest BCUT2D eigenvalue weighted by atomic mass is 19.1. The molecule has 3 saturated carbocycles. The van der Waals surface area contributed by atoms with E-state index in [1.165, 1.54) is 148 Å². The minimum absolute atomic E-state index is 0.261. The first-order chi connectivity index (χ1) is 29.5. The molecule has 3 aliphatic carbocycles. The van der Waals surface area contributed by atoms with Crippen LogP contribution in [0.2, 0.25) is 0 Å². The van der Waals surface area contributed by atoms with Crippen molar-refractivity contribution in [3.8, 4) is 0 Å². The van der Waals surface area contributed by atoms with Gasteiger partial charge in [0.2, 0.25) is 5.91 Å². The van der Waals surface area contributed by atoms with Crippen molar-refractivity contribution in [2.24, 2.45) is 5.41 Å². The van der Waals surface area contributed by atoms with E-state index in [1.54, 1.807) is 0 Å². The van der Waals surface area contributed by atoms with Gasteiger partial charge in [0.25, 0.3) is 0 Å². The van der Waals surface area contributed by atoms with Crippen LogP contribution in [-0.2, 0) is 14.3 Å². The Morgan fingerprint density at radius 1 is 0.639 bits per heavy atom. The molecule has 1 aliphatic heterocycles. The zero-order valence-corrected chi connectivity index (χ0v) is 38.8. The van der Waals surface area contributed by atoms with E-state index in [0.717, 1.165) is 64.2 Å². The summed E-state index contributed by atoms with van der Waals surface area (Å²) >= 11 is 0. The number of aliphatic hydroxyl groups is 6. The Hall–Kier alpha value is -0.920. The number of hydrogen-bond donors (Lipinski definition) is 7. The average molecular weight is 872 g/mol. The second-order valence-corrected chi connectivity index (χ2v) is 20.0. The van der Waals surface area contributed by atoms with Crippen molar-refractivity contribution in [3.05, 3.63) is 0 Å². The molecule has 0 spiro atoms. The first-order valence-corrected chi connectivity index (χ1v) is 25.8. The van der Waals surface area contributed by atoms with Crippen molar-refractivity contribution < 1.29 is 49.3 Å². The van der Waals surface area contributed by atoms with Crippen molar-refractivity contribution in [1.29, 1.82) is 0 Å². The summed E-state index contributed by atoms with van der Waals surface area (Å²) in [7, 11) is 0. The van der Waals surface area contributed by atoms with Crippen LogP contribution in [0.5, 0.6) is 0 Å². The fourth-order valence-corrected chi connectivity index (χ4v) is 10.3. The zero-order valence-electron chi connectivity index (χ0n) is 38.8. The number of hydrogen-bond acceptors (Lipinski definition) is 9. The maximum Gasteiger partial charge on any atom is 0.220 e. The molecule has 1 saturated heterocycles. The lowest BCUT2D eigenvalue weighted by Gasteiger charge is -2.66. The number of carbonyl (C=O) groups excluding carboxylic acids is 1. The van der Waals surface area contributed by atoms with E-state index >= 15 is 0 Å². The summed E-state index contributed by atoms with van der Waals surface area (Å²) in [5.74, 6) is -0.261. The molecular formula is C50H94FNO9. The third-order valence-electron chi connectivity index (χ3n) is 14.2. The molecule has 8 atom stereocenters. The van der Waals surface area contributed by atoms with Crippen LogP contribution in [0.25, 0.3) is 0 Å². The molecule has 4 fully saturated rings. The van der Waals surface area contributed by atoms with Gasteiger partial charge in [-0.2, -0.15) is 0 Å². The lowest BCUT2D eigenvalue weighted by Crippen LogP contribution is -2.64. The molecule has 11 heteroatoms. The van der Waals surface area contributed by atoms with E-state index in [1.807, 2.05) is 0 Å². The van der Waals surface area contributed by atoms with Gasteiger partial charge in [-0.3, -0.25) is 4.79 Å². The predicted octanol–water partition coefficient (Wildman–Crippen LogP) is 9.79. The largest absolute Gasteiger partial charge is 0.394 e. The van der Waals surface area contributed by atoms with Crippen LogP contribution in [0, 0.1) is 5.41 Å². The molecule has 0 aromatic rings. The molecule has 2 bridgehead atoms. The second kappa shape index (κ2) is 31.9. The summed E-state index contributed by atoms with van der Waals surface area (Å²) in [5.41, 5.74) is -0.306. The molecule has 7 N–H and O–H groups in total. The van der Waals surface area contributed by atoms with Gasteiger partial charge in [0.1, 0.15) is 36.2 Å². The lowest BCUT2D eigenvalue weighted by molar-refractivity contribution is -0.303. The summed E-state index contributed by atoms with van der Waals surface area (Å²) in [6.07, 6.45) is 31.5. The fourth-order valence-electron chi connectivity index (χ4n) is 10.3. The van der Waals surface area contributed by atoms with Crippen LogP contribution in [0.1, 0.15) is 238 Å². The maximum absolute atomic E-state index is 13.6. The molecule has 0 aromatic carbocycles. The number of nitrogens with one attached hydrogen (secondary N) is 1. The minimum Gasteiger partial charge on any atom is -0.394 e. The molecule has 1 amide bonds. The molecule has 1 heterocycles. The van der Waals surface area contributed by atoms with Gasteiger partial charge in [-0.25, -0.2) is 4.39 Å². The summed E-state index contributed by atoms with van der Waals surface area (Å²) in [4.78, 5) is 13.0. The highest BCUT2D eigenvalue weighted by molar-refractivity contribution is 5.76. The topological polar surface area (TPSA) is 169 Å². The van der Waals surface area contributed by atoms with E-state index in [4.69, 9.17) is 9.47 Å². The SMILES string of the molecule is CCCCCCCCCCCCCC[C@@H](O)[C@@H](O)[C@H](COC1OC(CO)C(O)C(O)C1O)NC(=O)CCCCCCCCCCCCCCCCCCCCC12CC(F)(C1)C2. The molecule has 61 heavy (non-hydrogen) atoms. The van der Waals surface area contributed by atoms with E-state index in [0.29, 0.717) is 18.3 Å². The number of aliphatic hydroxyl groups excluding tert-OH is 6. The molecule has 0 radical (unpaired) electrons. The van der Waals surface area contributed by atoms with Crippen LogP contribution in [0.15, 0.2) is 0 Å². The van der Waals surface area contributed by atoms with Crippen LogP contribution in [-0.4, -0.2) is 104 Å². The highest BCUT2D eigenvalue weighted by Gasteiger charge is 2.68. The third-order valence-corrected chi connectivity index (χ3v) is 14.2.